The third-order valence-electron chi connectivity index (χ3n) is 2.83. The zero-order valence-corrected chi connectivity index (χ0v) is 12.4. The summed E-state index contributed by atoms with van der Waals surface area (Å²) in [5, 5.41) is 9.82. The molecule has 0 bridgehead atoms. The first kappa shape index (κ1) is 13.3. The molecule has 20 heavy (non-hydrogen) atoms. The van der Waals surface area contributed by atoms with Crippen molar-refractivity contribution in [3.8, 4) is 0 Å². The SMILES string of the molecule is CCn1nnc2c(SCc3cccc(Cl)c3)ncnc21. The second-order valence-corrected chi connectivity index (χ2v) is 5.58. The Kier molecular flexibility index (Phi) is 3.84. The van der Waals surface area contributed by atoms with Gasteiger partial charge in [0.25, 0.3) is 0 Å². The van der Waals surface area contributed by atoms with Gasteiger partial charge >= 0.3 is 0 Å². The molecular formula is C13H12ClN5S. The summed E-state index contributed by atoms with van der Waals surface area (Å²) >= 11 is 7.59. The van der Waals surface area contributed by atoms with Crippen LogP contribution in [0, 0.1) is 0 Å². The van der Waals surface area contributed by atoms with E-state index in [1.807, 2.05) is 31.2 Å². The molecule has 0 amide bonds. The molecule has 102 valence electrons. The van der Waals surface area contributed by atoms with Gasteiger partial charge in [-0.1, -0.05) is 40.7 Å². The number of aryl methyl sites for hydroxylation is 1. The number of aromatic nitrogens is 5. The van der Waals surface area contributed by atoms with E-state index >= 15 is 0 Å². The van der Waals surface area contributed by atoms with E-state index in [2.05, 4.69) is 20.3 Å². The fourth-order valence-corrected chi connectivity index (χ4v) is 2.95. The van der Waals surface area contributed by atoms with Gasteiger partial charge in [0.15, 0.2) is 11.2 Å². The fourth-order valence-electron chi connectivity index (χ4n) is 1.87. The number of benzene rings is 1. The molecule has 0 N–H and O–H groups in total. The van der Waals surface area contributed by atoms with E-state index < -0.39 is 0 Å². The van der Waals surface area contributed by atoms with Crippen LogP contribution in [0.1, 0.15) is 12.5 Å². The van der Waals surface area contributed by atoms with Crippen LogP contribution in [0.3, 0.4) is 0 Å². The first-order chi connectivity index (χ1) is 9.78. The van der Waals surface area contributed by atoms with Gasteiger partial charge in [0, 0.05) is 17.3 Å². The molecule has 2 heterocycles. The number of nitrogens with zero attached hydrogens (tertiary/aromatic N) is 5. The minimum atomic E-state index is 0.742. The van der Waals surface area contributed by atoms with Crippen LogP contribution in [0.4, 0.5) is 0 Å². The zero-order chi connectivity index (χ0) is 13.9. The molecule has 7 heteroatoms. The highest BCUT2D eigenvalue weighted by Gasteiger charge is 2.11. The van der Waals surface area contributed by atoms with Crippen LogP contribution in [-0.2, 0) is 12.3 Å². The maximum Gasteiger partial charge on any atom is 0.182 e. The van der Waals surface area contributed by atoms with Crippen molar-refractivity contribution in [2.75, 3.05) is 0 Å². The highest BCUT2D eigenvalue weighted by Crippen LogP contribution is 2.26. The van der Waals surface area contributed by atoms with Crippen molar-refractivity contribution in [3.63, 3.8) is 0 Å². The van der Waals surface area contributed by atoms with Crippen LogP contribution in [0.2, 0.25) is 5.02 Å². The van der Waals surface area contributed by atoms with E-state index in [1.54, 1.807) is 22.8 Å². The summed E-state index contributed by atoms with van der Waals surface area (Å²) in [6.07, 6.45) is 1.55. The summed E-state index contributed by atoms with van der Waals surface area (Å²) in [6.45, 7) is 2.75. The highest BCUT2D eigenvalue weighted by atomic mass is 35.5. The highest BCUT2D eigenvalue weighted by molar-refractivity contribution is 7.98. The van der Waals surface area contributed by atoms with E-state index in [0.717, 1.165) is 39.1 Å². The Morgan fingerprint density at radius 3 is 3.00 bits per heavy atom. The third-order valence-corrected chi connectivity index (χ3v) is 4.12. The van der Waals surface area contributed by atoms with Crippen LogP contribution in [0.25, 0.3) is 11.2 Å². The molecule has 0 spiro atoms. The normalized spacial score (nSPS) is 11.1. The van der Waals surface area contributed by atoms with Crippen LogP contribution in [0.5, 0.6) is 0 Å². The molecule has 0 aliphatic carbocycles. The third kappa shape index (κ3) is 2.62. The molecule has 0 saturated carbocycles. The van der Waals surface area contributed by atoms with Gasteiger partial charge in [-0.3, -0.25) is 0 Å². The van der Waals surface area contributed by atoms with Crippen LogP contribution in [0.15, 0.2) is 35.6 Å². The molecule has 1 aromatic carbocycles. The first-order valence-corrected chi connectivity index (χ1v) is 7.55. The lowest BCUT2D eigenvalue weighted by molar-refractivity contribution is 0.641. The van der Waals surface area contributed by atoms with Crippen molar-refractivity contribution >= 4 is 34.5 Å². The summed E-state index contributed by atoms with van der Waals surface area (Å²) in [4.78, 5) is 8.53. The van der Waals surface area contributed by atoms with Crippen LogP contribution in [-0.4, -0.2) is 25.0 Å². The second kappa shape index (κ2) is 5.76. The number of halogens is 1. The number of thioether (sulfide) groups is 1. The van der Waals surface area contributed by atoms with Gasteiger partial charge < -0.3 is 0 Å². The van der Waals surface area contributed by atoms with Gasteiger partial charge in [-0.2, -0.15) is 0 Å². The van der Waals surface area contributed by atoms with Gasteiger partial charge in [-0.25, -0.2) is 14.6 Å². The number of hydrogen-bond acceptors (Lipinski definition) is 5. The molecule has 0 aliphatic heterocycles. The molecule has 2 aromatic heterocycles. The predicted octanol–water partition coefficient (Wildman–Crippen LogP) is 3.19. The summed E-state index contributed by atoms with van der Waals surface area (Å²) in [6, 6.07) is 7.81. The number of fused-ring (bicyclic) bond motifs is 1. The Balaban J connectivity index is 1.86. The van der Waals surface area contributed by atoms with Crippen molar-refractivity contribution in [1.29, 1.82) is 0 Å². The van der Waals surface area contributed by atoms with Crippen molar-refractivity contribution in [1.82, 2.24) is 25.0 Å². The minimum Gasteiger partial charge on any atom is -0.227 e. The van der Waals surface area contributed by atoms with Gasteiger partial charge in [-0.05, 0) is 24.6 Å². The van der Waals surface area contributed by atoms with Crippen molar-refractivity contribution in [3.05, 3.63) is 41.2 Å². The predicted molar refractivity (Wildman–Crippen MR) is 79.8 cm³/mol. The zero-order valence-electron chi connectivity index (χ0n) is 10.8. The summed E-state index contributed by atoms with van der Waals surface area (Å²) in [5.41, 5.74) is 2.68. The Morgan fingerprint density at radius 2 is 2.20 bits per heavy atom. The molecule has 0 unspecified atom stereocenters. The Labute approximate surface area is 125 Å². The fraction of sp³-hybridized carbons (Fsp3) is 0.231. The molecule has 0 radical (unpaired) electrons. The Hall–Kier alpha value is -1.66. The summed E-state index contributed by atoms with van der Waals surface area (Å²) in [5.74, 6) is 0.783. The van der Waals surface area contributed by atoms with E-state index in [9.17, 15) is 0 Å². The van der Waals surface area contributed by atoms with Crippen molar-refractivity contribution in [2.45, 2.75) is 24.2 Å². The lowest BCUT2D eigenvalue weighted by Crippen LogP contribution is -1.97. The van der Waals surface area contributed by atoms with Crippen LogP contribution >= 0.6 is 23.4 Å². The standard InChI is InChI=1S/C13H12ClN5S/c1-2-19-12-11(17-18-19)13(16-8-15-12)20-7-9-4-3-5-10(14)6-9/h3-6,8H,2,7H2,1H3. The molecule has 3 aromatic rings. The lowest BCUT2D eigenvalue weighted by Gasteiger charge is -2.02. The molecule has 3 rings (SSSR count). The maximum absolute atomic E-state index is 5.98. The lowest BCUT2D eigenvalue weighted by atomic mass is 10.2. The molecular weight excluding hydrogens is 294 g/mol. The van der Waals surface area contributed by atoms with Gasteiger partial charge in [0.2, 0.25) is 0 Å². The summed E-state index contributed by atoms with van der Waals surface area (Å²) < 4.78 is 1.76. The van der Waals surface area contributed by atoms with E-state index in [0.29, 0.717) is 0 Å². The van der Waals surface area contributed by atoms with Crippen molar-refractivity contribution < 1.29 is 0 Å². The molecule has 0 atom stereocenters. The number of hydrogen-bond donors (Lipinski definition) is 0. The first-order valence-electron chi connectivity index (χ1n) is 6.19. The van der Waals surface area contributed by atoms with E-state index in [1.165, 1.54) is 0 Å². The van der Waals surface area contributed by atoms with Gasteiger partial charge in [0.1, 0.15) is 11.4 Å². The average Bonchev–Trinajstić information content (AvgIpc) is 2.89. The molecule has 5 nitrogen and oxygen atoms in total. The van der Waals surface area contributed by atoms with Crippen molar-refractivity contribution in [2.24, 2.45) is 0 Å². The summed E-state index contributed by atoms with van der Waals surface area (Å²) in [7, 11) is 0. The van der Waals surface area contributed by atoms with Gasteiger partial charge in [0.05, 0.1) is 0 Å². The minimum absolute atomic E-state index is 0.742. The molecule has 0 saturated heterocycles. The largest absolute Gasteiger partial charge is 0.227 e. The van der Waals surface area contributed by atoms with E-state index in [-0.39, 0.29) is 0 Å². The Bertz CT molecular complexity index is 742. The number of rotatable bonds is 4. The molecule has 0 fully saturated rings. The smallest absolute Gasteiger partial charge is 0.182 e. The van der Waals surface area contributed by atoms with Crippen LogP contribution < -0.4 is 0 Å². The average molecular weight is 306 g/mol. The second-order valence-electron chi connectivity index (χ2n) is 4.17. The quantitative estimate of drug-likeness (QED) is 0.547. The van der Waals surface area contributed by atoms with Gasteiger partial charge in [-0.15, -0.1) is 5.10 Å². The maximum atomic E-state index is 5.98. The monoisotopic (exact) mass is 305 g/mol. The van der Waals surface area contributed by atoms with E-state index in [4.69, 9.17) is 11.6 Å². The Morgan fingerprint density at radius 1 is 1.30 bits per heavy atom. The topological polar surface area (TPSA) is 56.5 Å². The molecule has 0 aliphatic rings.